The largest absolute Gasteiger partial charge is 0.399 e. The Balaban J connectivity index is 2.83. The summed E-state index contributed by atoms with van der Waals surface area (Å²) in [5, 5.41) is 4.13. The maximum atomic E-state index is 5.63. The van der Waals surface area contributed by atoms with Crippen LogP contribution in [0, 0.1) is 0 Å². The van der Waals surface area contributed by atoms with Crippen LogP contribution in [-0.2, 0) is 0 Å². The minimum absolute atomic E-state index is 0.147. The molecule has 0 heterocycles. The van der Waals surface area contributed by atoms with Gasteiger partial charge < -0.3 is 11.5 Å². The van der Waals surface area contributed by atoms with Crippen molar-refractivity contribution in [2.75, 3.05) is 5.73 Å². The van der Waals surface area contributed by atoms with Gasteiger partial charge in [0.25, 0.3) is 0 Å². The van der Waals surface area contributed by atoms with E-state index in [-0.39, 0.29) is 5.11 Å². The Bertz CT molecular complexity index is 373. The lowest BCUT2D eigenvalue weighted by molar-refractivity contribution is 1.03. The maximum absolute atomic E-state index is 5.63. The number of hydrogen-bond donors (Lipinski definition) is 3. The van der Waals surface area contributed by atoms with Gasteiger partial charge >= 0.3 is 0 Å². The molecule has 0 spiro atoms. The Morgan fingerprint density at radius 3 is 2.79 bits per heavy atom. The van der Waals surface area contributed by atoms with E-state index in [1.807, 2.05) is 31.2 Å². The second kappa shape index (κ2) is 4.57. The summed E-state index contributed by atoms with van der Waals surface area (Å²) >= 11 is 4.62. The minimum Gasteiger partial charge on any atom is -0.399 e. The van der Waals surface area contributed by atoms with Gasteiger partial charge in [0, 0.05) is 5.69 Å². The molecule has 1 aromatic carbocycles. The summed E-state index contributed by atoms with van der Waals surface area (Å²) in [7, 11) is 0. The normalized spacial score (nSPS) is 11.1. The topological polar surface area (TPSA) is 76.4 Å². The number of hydrogen-bond acceptors (Lipinski definition) is 3. The molecule has 0 saturated heterocycles. The molecular formula is C9H12N4S. The van der Waals surface area contributed by atoms with Crippen LogP contribution in [0.5, 0.6) is 0 Å². The van der Waals surface area contributed by atoms with Crippen molar-refractivity contribution in [3.63, 3.8) is 0 Å². The van der Waals surface area contributed by atoms with Crippen molar-refractivity contribution in [3.8, 4) is 0 Å². The van der Waals surface area contributed by atoms with Crippen molar-refractivity contribution in [1.29, 1.82) is 0 Å². The smallest absolute Gasteiger partial charge is 0.184 e. The van der Waals surface area contributed by atoms with Crippen LogP contribution >= 0.6 is 12.2 Å². The van der Waals surface area contributed by atoms with Crippen LogP contribution in [0.3, 0.4) is 0 Å². The highest BCUT2D eigenvalue weighted by Gasteiger charge is 1.97. The third-order valence-corrected chi connectivity index (χ3v) is 1.73. The second-order valence-electron chi connectivity index (χ2n) is 2.80. The average molecular weight is 208 g/mol. The van der Waals surface area contributed by atoms with E-state index < -0.39 is 0 Å². The Kier molecular flexibility index (Phi) is 3.41. The van der Waals surface area contributed by atoms with Gasteiger partial charge in [0.05, 0.1) is 5.71 Å². The van der Waals surface area contributed by atoms with E-state index in [2.05, 4.69) is 22.7 Å². The number of benzene rings is 1. The summed E-state index contributed by atoms with van der Waals surface area (Å²) in [6.07, 6.45) is 0. The molecule has 1 rings (SSSR count). The van der Waals surface area contributed by atoms with Crippen molar-refractivity contribution in [1.82, 2.24) is 5.43 Å². The molecule has 0 amide bonds. The van der Waals surface area contributed by atoms with Crippen molar-refractivity contribution in [2.45, 2.75) is 6.92 Å². The molecule has 5 heteroatoms. The number of hydrazone groups is 1. The van der Waals surface area contributed by atoms with E-state index in [9.17, 15) is 0 Å². The first-order valence-corrected chi connectivity index (χ1v) is 4.46. The lowest BCUT2D eigenvalue weighted by Gasteiger charge is -2.02. The number of rotatable bonds is 2. The molecule has 0 bridgehead atoms. The zero-order valence-electron chi connectivity index (χ0n) is 7.82. The Hall–Kier alpha value is -1.62. The summed E-state index contributed by atoms with van der Waals surface area (Å²) < 4.78 is 0. The molecule has 14 heavy (non-hydrogen) atoms. The van der Waals surface area contributed by atoms with E-state index in [1.54, 1.807) is 0 Å². The van der Waals surface area contributed by atoms with Crippen LogP contribution in [0.1, 0.15) is 12.5 Å². The van der Waals surface area contributed by atoms with E-state index in [4.69, 9.17) is 11.5 Å². The molecule has 4 nitrogen and oxygen atoms in total. The third-order valence-electron chi connectivity index (χ3n) is 1.64. The SMILES string of the molecule is C/C(=N/NC(N)=S)c1cccc(N)c1. The summed E-state index contributed by atoms with van der Waals surface area (Å²) in [5.41, 5.74) is 15.8. The Labute approximate surface area is 88.0 Å². The standard InChI is InChI=1S/C9H12N4S/c1-6(12-13-9(11)14)7-3-2-4-8(10)5-7/h2-5H,10H2,1H3,(H3,11,13,14)/b12-6-. The van der Waals surface area contributed by atoms with Crippen molar-refractivity contribution in [3.05, 3.63) is 29.8 Å². The lowest BCUT2D eigenvalue weighted by Crippen LogP contribution is -2.25. The highest BCUT2D eigenvalue weighted by Crippen LogP contribution is 2.07. The average Bonchev–Trinajstić information content (AvgIpc) is 2.14. The third kappa shape index (κ3) is 3.02. The van der Waals surface area contributed by atoms with E-state index in [0.717, 1.165) is 11.3 Å². The van der Waals surface area contributed by atoms with E-state index in [1.165, 1.54) is 0 Å². The first-order valence-electron chi connectivity index (χ1n) is 4.05. The number of anilines is 1. The predicted octanol–water partition coefficient (Wildman–Crippen LogP) is 0.826. The summed E-state index contributed by atoms with van der Waals surface area (Å²) in [6, 6.07) is 7.43. The Morgan fingerprint density at radius 1 is 1.50 bits per heavy atom. The van der Waals surface area contributed by atoms with Crippen molar-refractivity contribution >= 4 is 28.7 Å². The van der Waals surface area contributed by atoms with E-state index >= 15 is 0 Å². The monoisotopic (exact) mass is 208 g/mol. The highest BCUT2D eigenvalue weighted by molar-refractivity contribution is 7.80. The van der Waals surface area contributed by atoms with Crippen LogP contribution in [-0.4, -0.2) is 10.8 Å². The van der Waals surface area contributed by atoms with Gasteiger partial charge in [-0.25, -0.2) is 0 Å². The van der Waals surface area contributed by atoms with Crippen LogP contribution in [0.15, 0.2) is 29.4 Å². The molecule has 5 N–H and O–H groups in total. The molecule has 0 aliphatic carbocycles. The fourth-order valence-corrected chi connectivity index (χ4v) is 1.01. The Morgan fingerprint density at radius 2 is 2.21 bits per heavy atom. The summed E-state index contributed by atoms with van der Waals surface area (Å²) in [6.45, 7) is 1.85. The fraction of sp³-hybridized carbons (Fsp3) is 0.111. The van der Waals surface area contributed by atoms with Crippen LogP contribution in [0.4, 0.5) is 5.69 Å². The molecular weight excluding hydrogens is 196 g/mol. The zero-order chi connectivity index (χ0) is 10.6. The van der Waals surface area contributed by atoms with E-state index in [0.29, 0.717) is 5.69 Å². The quantitative estimate of drug-likeness (QED) is 0.291. The van der Waals surface area contributed by atoms with Crippen LogP contribution in [0.25, 0.3) is 0 Å². The number of nitrogen functional groups attached to an aromatic ring is 1. The van der Waals surface area contributed by atoms with Crippen LogP contribution in [0.2, 0.25) is 0 Å². The van der Waals surface area contributed by atoms with Gasteiger partial charge in [-0.15, -0.1) is 0 Å². The molecule has 0 saturated carbocycles. The number of nitrogens with two attached hydrogens (primary N) is 2. The van der Waals surface area contributed by atoms with Crippen molar-refractivity contribution in [2.24, 2.45) is 10.8 Å². The predicted molar refractivity (Wildman–Crippen MR) is 63.0 cm³/mol. The molecule has 0 fully saturated rings. The van der Waals surface area contributed by atoms with Gasteiger partial charge in [-0.2, -0.15) is 5.10 Å². The first-order chi connectivity index (χ1) is 6.59. The molecule has 0 aliphatic heterocycles. The summed E-state index contributed by atoms with van der Waals surface area (Å²) in [4.78, 5) is 0. The number of nitrogens with zero attached hydrogens (tertiary/aromatic N) is 1. The maximum Gasteiger partial charge on any atom is 0.184 e. The minimum atomic E-state index is 0.147. The zero-order valence-corrected chi connectivity index (χ0v) is 8.64. The van der Waals surface area contributed by atoms with Gasteiger partial charge in [0.2, 0.25) is 0 Å². The van der Waals surface area contributed by atoms with Gasteiger partial charge in [-0.05, 0) is 36.8 Å². The molecule has 0 aliphatic rings. The second-order valence-corrected chi connectivity index (χ2v) is 3.24. The number of thiocarbonyl (C=S) groups is 1. The van der Waals surface area contributed by atoms with Crippen LogP contribution < -0.4 is 16.9 Å². The first kappa shape index (κ1) is 10.5. The summed E-state index contributed by atoms with van der Waals surface area (Å²) in [5.74, 6) is 0. The fourth-order valence-electron chi connectivity index (χ4n) is 0.967. The molecule has 1 aromatic rings. The molecule has 0 unspecified atom stereocenters. The number of nitrogens with one attached hydrogen (secondary N) is 1. The molecule has 0 radical (unpaired) electrons. The van der Waals surface area contributed by atoms with Crippen molar-refractivity contribution < 1.29 is 0 Å². The highest BCUT2D eigenvalue weighted by atomic mass is 32.1. The molecule has 74 valence electrons. The van der Waals surface area contributed by atoms with Gasteiger partial charge in [-0.3, -0.25) is 5.43 Å². The van der Waals surface area contributed by atoms with Gasteiger partial charge in [0.15, 0.2) is 5.11 Å². The van der Waals surface area contributed by atoms with Gasteiger partial charge in [0.1, 0.15) is 0 Å². The molecule has 0 aromatic heterocycles. The molecule has 0 atom stereocenters. The lowest BCUT2D eigenvalue weighted by atomic mass is 10.1. The van der Waals surface area contributed by atoms with Gasteiger partial charge in [-0.1, -0.05) is 12.1 Å².